The molecule has 0 aliphatic carbocycles. The number of aliphatic hydroxyl groups excluding tert-OH is 1. The molecule has 0 bridgehead atoms. The van der Waals surface area contributed by atoms with Crippen molar-refractivity contribution >= 4 is 0 Å². The molecule has 2 fully saturated rings. The van der Waals surface area contributed by atoms with Crippen LogP contribution < -0.4 is 4.74 Å². The summed E-state index contributed by atoms with van der Waals surface area (Å²) in [7, 11) is 0. The van der Waals surface area contributed by atoms with Gasteiger partial charge in [0.1, 0.15) is 11.4 Å². The van der Waals surface area contributed by atoms with Gasteiger partial charge in [-0.15, -0.1) is 0 Å². The van der Waals surface area contributed by atoms with Crippen LogP contribution >= 0.6 is 0 Å². The first-order valence-corrected chi connectivity index (χ1v) is 12.5. The number of aliphatic hydroxyl groups is 1. The molecule has 0 unspecified atom stereocenters. The molecular weight excluding hydrogens is 415 g/mol. The predicted octanol–water partition coefficient (Wildman–Crippen LogP) is 5.15. The van der Waals surface area contributed by atoms with Crippen molar-refractivity contribution in [3.05, 3.63) is 54.1 Å². The van der Waals surface area contributed by atoms with Gasteiger partial charge in [-0.2, -0.15) is 0 Å². The first kappa shape index (κ1) is 24.2. The Morgan fingerprint density at radius 1 is 0.848 bits per heavy atom. The lowest BCUT2D eigenvalue weighted by atomic mass is 9.97. The van der Waals surface area contributed by atoms with Gasteiger partial charge in [0.15, 0.2) is 0 Å². The number of benzene rings is 2. The van der Waals surface area contributed by atoms with Crippen LogP contribution in [0.5, 0.6) is 5.75 Å². The number of hydrogen-bond donors (Lipinski definition) is 1. The number of hydrogen-bond acceptors (Lipinski definition) is 4. The zero-order chi connectivity index (χ0) is 23.3. The number of rotatable bonds is 8. The second-order valence-corrected chi connectivity index (χ2v) is 10.5. The third kappa shape index (κ3) is 7.53. The maximum Gasteiger partial charge on any atom is 0.119 e. The van der Waals surface area contributed by atoms with E-state index in [-0.39, 0.29) is 6.10 Å². The van der Waals surface area contributed by atoms with E-state index in [2.05, 4.69) is 58.3 Å². The second kappa shape index (κ2) is 11.0. The first-order valence-electron chi connectivity index (χ1n) is 12.5. The van der Waals surface area contributed by atoms with Crippen LogP contribution in [0.4, 0.5) is 4.39 Å². The van der Waals surface area contributed by atoms with Crippen LogP contribution in [0.15, 0.2) is 48.5 Å². The van der Waals surface area contributed by atoms with Gasteiger partial charge >= 0.3 is 0 Å². The molecular formula is C28H39FN2O2. The number of halogens is 1. The molecule has 0 atom stereocenters. The monoisotopic (exact) mass is 454 g/mol. The fourth-order valence-corrected chi connectivity index (χ4v) is 4.94. The number of likely N-dealkylation sites (tertiary alicyclic amines) is 2. The molecule has 2 heterocycles. The van der Waals surface area contributed by atoms with E-state index in [9.17, 15) is 9.50 Å². The Morgan fingerprint density at radius 3 is 1.97 bits per heavy atom. The molecule has 180 valence electrons. The Morgan fingerprint density at radius 2 is 1.39 bits per heavy atom. The molecule has 0 spiro atoms. The average Bonchev–Trinajstić information content (AvgIpc) is 2.80. The summed E-state index contributed by atoms with van der Waals surface area (Å²) in [5, 5.41) is 9.67. The molecule has 33 heavy (non-hydrogen) atoms. The van der Waals surface area contributed by atoms with Crippen LogP contribution in [-0.4, -0.2) is 66.0 Å². The molecule has 0 amide bonds. The molecule has 0 aromatic heterocycles. The standard InChI is InChI=1S/C28H39FN2O2/c1-28(2,29)21-31-15-11-23(12-16-31)20-33-27-9-7-25(8-10-27)24-5-3-22(4-6-24)19-30-17-13-26(32)14-18-30/h3-10,23,26,32H,11-21H2,1-2H3. The highest BCUT2D eigenvalue weighted by atomic mass is 19.1. The van der Waals surface area contributed by atoms with Crippen LogP contribution in [0.3, 0.4) is 0 Å². The van der Waals surface area contributed by atoms with Gasteiger partial charge in [-0.1, -0.05) is 36.4 Å². The third-order valence-electron chi connectivity index (χ3n) is 6.90. The Bertz CT molecular complexity index is 847. The fourth-order valence-electron chi connectivity index (χ4n) is 4.94. The zero-order valence-electron chi connectivity index (χ0n) is 20.2. The lowest BCUT2D eigenvalue weighted by Crippen LogP contribution is -2.41. The number of alkyl halides is 1. The lowest BCUT2D eigenvalue weighted by molar-refractivity contribution is 0.0792. The van der Waals surface area contributed by atoms with Crippen LogP contribution in [0, 0.1) is 5.92 Å². The molecule has 2 aliphatic heterocycles. The minimum Gasteiger partial charge on any atom is -0.493 e. The third-order valence-corrected chi connectivity index (χ3v) is 6.90. The SMILES string of the molecule is CC(C)(F)CN1CCC(COc2ccc(-c3ccc(CN4CCC(O)CC4)cc3)cc2)CC1. The number of ether oxygens (including phenoxy) is 1. The Balaban J connectivity index is 1.22. The highest BCUT2D eigenvalue weighted by molar-refractivity contribution is 5.64. The minimum absolute atomic E-state index is 0.122. The van der Waals surface area contributed by atoms with Crippen molar-refractivity contribution in [2.75, 3.05) is 39.3 Å². The van der Waals surface area contributed by atoms with Crippen molar-refractivity contribution in [3.8, 4) is 16.9 Å². The summed E-state index contributed by atoms with van der Waals surface area (Å²) in [5.74, 6) is 1.45. The van der Waals surface area contributed by atoms with E-state index in [1.807, 2.05) is 0 Å². The Hall–Kier alpha value is -1.95. The Kier molecular flexibility index (Phi) is 8.05. The molecule has 2 aromatic rings. The van der Waals surface area contributed by atoms with E-state index in [0.717, 1.165) is 70.8 Å². The van der Waals surface area contributed by atoms with E-state index >= 15 is 0 Å². The summed E-state index contributed by atoms with van der Waals surface area (Å²) in [6, 6.07) is 17.2. The van der Waals surface area contributed by atoms with Gasteiger partial charge in [-0.3, -0.25) is 4.90 Å². The van der Waals surface area contributed by atoms with Crippen molar-refractivity contribution < 1.29 is 14.2 Å². The highest BCUT2D eigenvalue weighted by Crippen LogP contribution is 2.25. The predicted molar refractivity (Wildman–Crippen MR) is 132 cm³/mol. The van der Waals surface area contributed by atoms with Gasteiger partial charge in [0.25, 0.3) is 0 Å². The quantitative estimate of drug-likeness (QED) is 0.599. The van der Waals surface area contributed by atoms with Crippen molar-refractivity contribution in [3.63, 3.8) is 0 Å². The zero-order valence-corrected chi connectivity index (χ0v) is 20.2. The number of nitrogens with zero attached hydrogens (tertiary/aromatic N) is 2. The lowest BCUT2D eigenvalue weighted by Gasteiger charge is -2.34. The molecule has 4 nitrogen and oxygen atoms in total. The summed E-state index contributed by atoms with van der Waals surface area (Å²) in [6.07, 6.45) is 3.77. The van der Waals surface area contributed by atoms with E-state index in [0.29, 0.717) is 12.5 Å². The summed E-state index contributed by atoms with van der Waals surface area (Å²) in [5.41, 5.74) is 2.60. The molecule has 2 aromatic carbocycles. The smallest absolute Gasteiger partial charge is 0.119 e. The first-order chi connectivity index (χ1) is 15.8. The summed E-state index contributed by atoms with van der Waals surface area (Å²) in [6.45, 7) is 9.36. The largest absolute Gasteiger partial charge is 0.493 e. The van der Waals surface area contributed by atoms with Crippen molar-refractivity contribution in [2.24, 2.45) is 5.92 Å². The molecule has 0 radical (unpaired) electrons. The van der Waals surface area contributed by atoms with Gasteiger partial charge in [-0.25, -0.2) is 4.39 Å². The van der Waals surface area contributed by atoms with Crippen molar-refractivity contribution in [2.45, 2.75) is 57.8 Å². The second-order valence-electron chi connectivity index (χ2n) is 10.5. The molecule has 1 N–H and O–H groups in total. The summed E-state index contributed by atoms with van der Waals surface area (Å²) in [4.78, 5) is 4.65. The highest BCUT2D eigenvalue weighted by Gasteiger charge is 2.25. The molecule has 2 aliphatic rings. The van der Waals surface area contributed by atoms with Gasteiger partial charge in [-0.05, 0) is 87.4 Å². The summed E-state index contributed by atoms with van der Waals surface area (Å²) >= 11 is 0. The van der Waals surface area contributed by atoms with Gasteiger partial charge in [0.05, 0.1) is 12.7 Å². The number of piperidine rings is 2. The van der Waals surface area contributed by atoms with Crippen LogP contribution in [0.1, 0.15) is 45.1 Å². The molecule has 2 saturated heterocycles. The normalized spacial score (nSPS) is 19.6. The molecule has 0 saturated carbocycles. The van der Waals surface area contributed by atoms with Crippen LogP contribution in [0.2, 0.25) is 0 Å². The maximum absolute atomic E-state index is 13.8. The summed E-state index contributed by atoms with van der Waals surface area (Å²) < 4.78 is 19.9. The van der Waals surface area contributed by atoms with E-state index in [1.165, 1.54) is 16.7 Å². The van der Waals surface area contributed by atoms with Crippen molar-refractivity contribution in [1.29, 1.82) is 0 Å². The average molecular weight is 455 g/mol. The van der Waals surface area contributed by atoms with Crippen molar-refractivity contribution in [1.82, 2.24) is 9.80 Å². The molecule has 5 heteroatoms. The maximum atomic E-state index is 13.8. The van der Waals surface area contributed by atoms with E-state index in [1.54, 1.807) is 13.8 Å². The van der Waals surface area contributed by atoms with Crippen LogP contribution in [0.25, 0.3) is 11.1 Å². The van der Waals surface area contributed by atoms with Gasteiger partial charge < -0.3 is 14.7 Å². The van der Waals surface area contributed by atoms with E-state index < -0.39 is 5.67 Å². The molecule has 4 rings (SSSR count). The van der Waals surface area contributed by atoms with Gasteiger partial charge in [0.2, 0.25) is 0 Å². The van der Waals surface area contributed by atoms with Crippen LogP contribution in [-0.2, 0) is 6.54 Å². The topological polar surface area (TPSA) is 35.9 Å². The Labute approximate surface area is 198 Å². The van der Waals surface area contributed by atoms with Gasteiger partial charge in [0, 0.05) is 26.2 Å². The van der Waals surface area contributed by atoms with E-state index in [4.69, 9.17) is 4.74 Å². The fraction of sp³-hybridized carbons (Fsp3) is 0.571. The minimum atomic E-state index is -1.12.